The molecule has 3 rings (SSSR count). The first-order chi connectivity index (χ1) is 10.2. The Balaban J connectivity index is 1.80. The first kappa shape index (κ1) is 14.9. The average Bonchev–Trinajstić information content (AvgIpc) is 2.71. The highest BCUT2D eigenvalue weighted by Crippen LogP contribution is 2.46. The zero-order chi connectivity index (χ0) is 14.8. The highest BCUT2D eigenvalue weighted by molar-refractivity contribution is 8.15. The number of aryl methyl sites for hydroxylation is 2. The van der Waals surface area contributed by atoms with Crippen molar-refractivity contribution in [2.24, 2.45) is 0 Å². The monoisotopic (exact) mass is 316 g/mol. The summed E-state index contributed by atoms with van der Waals surface area (Å²) < 4.78 is 5.75. The van der Waals surface area contributed by atoms with Crippen LogP contribution >= 0.6 is 23.5 Å². The van der Waals surface area contributed by atoms with Gasteiger partial charge < -0.3 is 4.74 Å². The molecule has 3 heteroatoms. The Morgan fingerprint density at radius 2 is 1.43 bits per heavy atom. The molecular formula is C18H20OS2. The van der Waals surface area contributed by atoms with Gasteiger partial charge in [-0.3, -0.25) is 0 Å². The number of hydrogen-bond acceptors (Lipinski definition) is 3. The molecule has 0 atom stereocenters. The molecule has 0 spiro atoms. The molecule has 2 aromatic carbocycles. The van der Waals surface area contributed by atoms with E-state index in [0.717, 1.165) is 17.3 Å². The van der Waals surface area contributed by atoms with E-state index in [1.807, 2.05) is 23.5 Å². The van der Waals surface area contributed by atoms with Crippen LogP contribution in [0.15, 0.2) is 36.4 Å². The number of methoxy groups -OCH3 is 1. The summed E-state index contributed by atoms with van der Waals surface area (Å²) in [4.78, 5) is 0. The number of rotatable bonds is 2. The van der Waals surface area contributed by atoms with E-state index in [9.17, 15) is 0 Å². The van der Waals surface area contributed by atoms with Gasteiger partial charge in [0.1, 0.15) is 5.75 Å². The Hall–Kier alpha value is -1.06. The Labute approximate surface area is 135 Å². The van der Waals surface area contributed by atoms with Crippen LogP contribution in [0.5, 0.6) is 5.75 Å². The van der Waals surface area contributed by atoms with Crippen LogP contribution in [0, 0.1) is 13.8 Å². The Kier molecular flexibility index (Phi) is 4.51. The summed E-state index contributed by atoms with van der Waals surface area (Å²) in [7, 11) is 1.71. The van der Waals surface area contributed by atoms with E-state index in [1.54, 1.807) is 7.11 Å². The van der Waals surface area contributed by atoms with Crippen molar-refractivity contribution in [3.8, 4) is 5.75 Å². The van der Waals surface area contributed by atoms with Crippen LogP contribution < -0.4 is 4.74 Å². The fourth-order valence-electron chi connectivity index (χ4n) is 2.54. The van der Waals surface area contributed by atoms with Crippen LogP contribution in [-0.2, 0) is 11.5 Å². The van der Waals surface area contributed by atoms with Crippen LogP contribution in [0.1, 0.15) is 32.4 Å². The van der Waals surface area contributed by atoms with Crippen molar-refractivity contribution in [2.75, 3.05) is 7.11 Å². The van der Waals surface area contributed by atoms with Gasteiger partial charge in [0.25, 0.3) is 0 Å². The Morgan fingerprint density at radius 3 is 1.90 bits per heavy atom. The Bertz CT molecular complexity index is 601. The molecule has 0 aliphatic carbocycles. The third-order valence-electron chi connectivity index (χ3n) is 3.98. The lowest BCUT2D eigenvalue weighted by Gasteiger charge is -2.13. The first-order valence-corrected chi connectivity index (χ1v) is 9.23. The highest BCUT2D eigenvalue weighted by Gasteiger charge is 2.19. The molecule has 0 bridgehead atoms. The topological polar surface area (TPSA) is 9.23 Å². The molecule has 0 radical (unpaired) electrons. The van der Waals surface area contributed by atoms with Crippen LogP contribution in [0.2, 0.25) is 0 Å². The van der Waals surface area contributed by atoms with Gasteiger partial charge in [0.05, 0.1) is 11.7 Å². The molecule has 1 nitrogen and oxygen atoms in total. The molecule has 0 amide bonds. The lowest BCUT2D eigenvalue weighted by Crippen LogP contribution is -1.92. The van der Waals surface area contributed by atoms with E-state index < -0.39 is 0 Å². The summed E-state index contributed by atoms with van der Waals surface area (Å²) >= 11 is 4.06. The van der Waals surface area contributed by atoms with E-state index in [2.05, 4.69) is 50.2 Å². The summed E-state index contributed by atoms with van der Waals surface area (Å²) in [6.07, 6.45) is 0. The minimum atomic E-state index is 0.504. The van der Waals surface area contributed by atoms with Crippen molar-refractivity contribution in [3.63, 3.8) is 0 Å². The van der Waals surface area contributed by atoms with Gasteiger partial charge in [-0.25, -0.2) is 0 Å². The SMILES string of the molecule is COc1ccc(C2SCc3cc(C)c(C)cc3CS2)cc1. The van der Waals surface area contributed by atoms with Crippen LogP contribution in [0.3, 0.4) is 0 Å². The summed E-state index contributed by atoms with van der Waals surface area (Å²) in [5.74, 6) is 3.12. The maximum Gasteiger partial charge on any atom is 0.118 e. The van der Waals surface area contributed by atoms with Gasteiger partial charge in [-0.05, 0) is 53.8 Å². The minimum absolute atomic E-state index is 0.504. The fourth-order valence-corrected chi connectivity index (χ4v) is 5.23. The zero-order valence-corrected chi connectivity index (χ0v) is 14.3. The molecule has 1 aliphatic heterocycles. The third kappa shape index (κ3) is 3.24. The third-order valence-corrected chi connectivity index (χ3v) is 6.91. The van der Waals surface area contributed by atoms with E-state index in [1.165, 1.54) is 27.8 Å². The van der Waals surface area contributed by atoms with Crippen molar-refractivity contribution in [3.05, 3.63) is 64.2 Å². The molecule has 110 valence electrons. The fraction of sp³-hybridized carbons (Fsp3) is 0.333. The van der Waals surface area contributed by atoms with Crippen molar-refractivity contribution >= 4 is 23.5 Å². The van der Waals surface area contributed by atoms with E-state index in [-0.39, 0.29) is 0 Å². The van der Waals surface area contributed by atoms with E-state index in [0.29, 0.717) is 4.58 Å². The molecule has 0 fully saturated rings. The number of fused-ring (bicyclic) bond motifs is 1. The summed E-state index contributed by atoms with van der Waals surface area (Å²) in [5, 5.41) is 0. The maximum absolute atomic E-state index is 5.24. The maximum atomic E-state index is 5.24. The van der Waals surface area contributed by atoms with Gasteiger partial charge in [0.15, 0.2) is 0 Å². The van der Waals surface area contributed by atoms with Gasteiger partial charge in [-0.1, -0.05) is 24.3 Å². The molecule has 2 aromatic rings. The van der Waals surface area contributed by atoms with Gasteiger partial charge >= 0.3 is 0 Å². The molecule has 1 aliphatic rings. The summed E-state index contributed by atoms with van der Waals surface area (Å²) in [6, 6.07) is 13.2. The molecule has 0 N–H and O–H groups in total. The smallest absolute Gasteiger partial charge is 0.118 e. The lowest BCUT2D eigenvalue weighted by molar-refractivity contribution is 0.414. The average molecular weight is 316 g/mol. The van der Waals surface area contributed by atoms with Crippen molar-refractivity contribution in [1.82, 2.24) is 0 Å². The number of benzene rings is 2. The number of ether oxygens (including phenoxy) is 1. The van der Waals surface area contributed by atoms with Gasteiger partial charge in [0, 0.05) is 11.5 Å². The van der Waals surface area contributed by atoms with Crippen LogP contribution in [0.25, 0.3) is 0 Å². The predicted molar refractivity (Wildman–Crippen MR) is 94.2 cm³/mol. The molecule has 0 saturated heterocycles. The van der Waals surface area contributed by atoms with E-state index >= 15 is 0 Å². The first-order valence-electron chi connectivity index (χ1n) is 7.13. The quantitative estimate of drug-likeness (QED) is 0.725. The van der Waals surface area contributed by atoms with Crippen molar-refractivity contribution < 1.29 is 4.74 Å². The highest BCUT2D eigenvalue weighted by atomic mass is 32.2. The van der Waals surface area contributed by atoms with Crippen molar-refractivity contribution in [1.29, 1.82) is 0 Å². The lowest BCUT2D eigenvalue weighted by atomic mass is 10.0. The predicted octanol–water partition coefficient (Wildman–Crippen LogP) is 5.49. The standard InChI is InChI=1S/C18H20OS2/c1-12-8-15-10-20-18(21-11-16(15)9-13(12)2)14-4-6-17(19-3)7-5-14/h4-9,18H,10-11H2,1-3H3. The molecule has 0 aromatic heterocycles. The van der Waals surface area contributed by atoms with E-state index in [4.69, 9.17) is 4.74 Å². The molecule has 1 heterocycles. The molecular weight excluding hydrogens is 296 g/mol. The van der Waals surface area contributed by atoms with Crippen LogP contribution in [-0.4, -0.2) is 7.11 Å². The normalized spacial score (nSPS) is 15.4. The zero-order valence-electron chi connectivity index (χ0n) is 12.7. The number of hydrogen-bond donors (Lipinski definition) is 0. The van der Waals surface area contributed by atoms with Crippen molar-refractivity contribution in [2.45, 2.75) is 29.9 Å². The molecule has 0 saturated carbocycles. The minimum Gasteiger partial charge on any atom is -0.497 e. The molecule has 21 heavy (non-hydrogen) atoms. The van der Waals surface area contributed by atoms with Gasteiger partial charge in [-0.2, -0.15) is 0 Å². The summed E-state index contributed by atoms with van der Waals surface area (Å²) in [6.45, 7) is 4.42. The number of thioether (sulfide) groups is 2. The molecule has 0 unspecified atom stereocenters. The summed E-state index contributed by atoms with van der Waals surface area (Å²) in [5.41, 5.74) is 7.20. The van der Waals surface area contributed by atoms with Crippen LogP contribution in [0.4, 0.5) is 0 Å². The van der Waals surface area contributed by atoms with Gasteiger partial charge in [-0.15, -0.1) is 23.5 Å². The Morgan fingerprint density at radius 1 is 0.905 bits per heavy atom. The second-order valence-electron chi connectivity index (χ2n) is 5.43. The second-order valence-corrected chi connectivity index (χ2v) is 7.92. The second kappa shape index (κ2) is 6.37. The van der Waals surface area contributed by atoms with Gasteiger partial charge in [0.2, 0.25) is 0 Å². The largest absolute Gasteiger partial charge is 0.497 e.